The Morgan fingerprint density at radius 2 is 2.00 bits per heavy atom. The molecule has 1 unspecified atom stereocenters. The summed E-state index contributed by atoms with van der Waals surface area (Å²) in [6.45, 7) is 6.18. The third-order valence-corrected chi connectivity index (χ3v) is 5.10. The maximum atomic E-state index is 5.94. The second kappa shape index (κ2) is 8.52. The van der Waals surface area contributed by atoms with Crippen LogP contribution in [0.4, 0.5) is 11.6 Å². The molecule has 4 nitrogen and oxygen atoms in total. The molecule has 0 spiro atoms. The van der Waals surface area contributed by atoms with Crippen LogP contribution in [0.5, 0.6) is 0 Å². The predicted octanol–water partition coefficient (Wildman–Crippen LogP) is 4.86. The van der Waals surface area contributed by atoms with Crippen LogP contribution >= 0.6 is 11.6 Å². The van der Waals surface area contributed by atoms with E-state index < -0.39 is 0 Å². The van der Waals surface area contributed by atoms with Crippen LogP contribution in [0.25, 0.3) is 0 Å². The molecule has 3 rings (SSSR count). The summed E-state index contributed by atoms with van der Waals surface area (Å²) in [7, 11) is 0. The van der Waals surface area contributed by atoms with Gasteiger partial charge in [0.1, 0.15) is 17.5 Å². The monoisotopic (exact) mass is 358 g/mol. The van der Waals surface area contributed by atoms with Crippen molar-refractivity contribution in [2.45, 2.75) is 52.0 Å². The van der Waals surface area contributed by atoms with Crippen molar-refractivity contribution in [1.29, 1.82) is 0 Å². The van der Waals surface area contributed by atoms with E-state index in [0.717, 1.165) is 42.0 Å². The molecule has 5 heteroatoms. The van der Waals surface area contributed by atoms with Gasteiger partial charge in [-0.15, -0.1) is 0 Å². The minimum atomic E-state index is 0.602. The van der Waals surface area contributed by atoms with Crippen molar-refractivity contribution in [1.82, 2.24) is 9.97 Å². The van der Waals surface area contributed by atoms with Crippen molar-refractivity contribution < 1.29 is 0 Å². The Morgan fingerprint density at radius 3 is 2.76 bits per heavy atom. The molecule has 1 aliphatic rings. The molecule has 134 valence electrons. The van der Waals surface area contributed by atoms with E-state index in [2.05, 4.69) is 40.3 Å². The molecular formula is C20H27ClN4. The van der Waals surface area contributed by atoms with E-state index in [1.54, 1.807) is 0 Å². The number of aromatic nitrogens is 2. The average molecular weight is 359 g/mol. The highest BCUT2D eigenvalue weighted by atomic mass is 35.5. The number of aryl methyl sites for hydroxylation is 1. The summed E-state index contributed by atoms with van der Waals surface area (Å²) in [6, 6.07) is 10.7. The lowest BCUT2D eigenvalue weighted by Gasteiger charge is -2.36. The number of nitrogens with zero attached hydrogens (tertiary/aromatic N) is 3. The van der Waals surface area contributed by atoms with Crippen molar-refractivity contribution in [2.24, 2.45) is 0 Å². The Balaban J connectivity index is 1.65. The zero-order chi connectivity index (χ0) is 17.6. The van der Waals surface area contributed by atoms with Crippen LogP contribution in [0, 0.1) is 6.92 Å². The van der Waals surface area contributed by atoms with Gasteiger partial charge in [-0.1, -0.05) is 30.7 Å². The molecule has 0 amide bonds. The third kappa shape index (κ3) is 4.85. The lowest BCUT2D eigenvalue weighted by Crippen LogP contribution is -2.39. The maximum Gasteiger partial charge on any atom is 0.134 e. The molecule has 2 heterocycles. The largest absolute Gasteiger partial charge is 0.370 e. The van der Waals surface area contributed by atoms with Crippen molar-refractivity contribution in [3.05, 3.63) is 46.7 Å². The van der Waals surface area contributed by atoms with Gasteiger partial charge in [-0.25, -0.2) is 9.97 Å². The smallest absolute Gasteiger partial charge is 0.134 e. The summed E-state index contributed by atoms with van der Waals surface area (Å²) in [5, 5.41) is 4.23. The molecule has 1 atom stereocenters. The molecule has 0 aliphatic carbocycles. The Morgan fingerprint density at radius 1 is 1.20 bits per heavy atom. The first-order valence-electron chi connectivity index (χ1n) is 9.26. The van der Waals surface area contributed by atoms with Crippen molar-refractivity contribution in [2.75, 3.05) is 23.3 Å². The summed E-state index contributed by atoms with van der Waals surface area (Å²) in [5.41, 5.74) is 1.27. The van der Waals surface area contributed by atoms with Crippen molar-refractivity contribution in [3.63, 3.8) is 0 Å². The summed E-state index contributed by atoms with van der Waals surface area (Å²) < 4.78 is 0. The predicted molar refractivity (Wildman–Crippen MR) is 106 cm³/mol. The third-order valence-electron chi connectivity index (χ3n) is 4.85. The summed E-state index contributed by atoms with van der Waals surface area (Å²) in [6.07, 6.45) is 5.95. The first kappa shape index (κ1) is 18.0. The van der Waals surface area contributed by atoms with Gasteiger partial charge >= 0.3 is 0 Å². The van der Waals surface area contributed by atoms with Gasteiger partial charge in [0.25, 0.3) is 0 Å². The minimum Gasteiger partial charge on any atom is -0.370 e. The summed E-state index contributed by atoms with van der Waals surface area (Å²) in [4.78, 5) is 11.7. The molecule has 1 aliphatic heterocycles. The molecule has 1 saturated heterocycles. The van der Waals surface area contributed by atoms with Gasteiger partial charge in [-0.2, -0.15) is 0 Å². The highest BCUT2D eigenvalue weighted by Crippen LogP contribution is 2.26. The van der Waals surface area contributed by atoms with Gasteiger partial charge in [0.05, 0.1) is 0 Å². The SMILES string of the molecule is CCC1CCCCN1c1cc(NCCc2ccc(Cl)cc2)nc(C)n1. The first-order valence-corrected chi connectivity index (χ1v) is 9.64. The van der Waals surface area contributed by atoms with E-state index in [4.69, 9.17) is 16.6 Å². The Hall–Kier alpha value is -1.81. The van der Waals surface area contributed by atoms with Gasteiger partial charge in [0.15, 0.2) is 0 Å². The van der Waals surface area contributed by atoms with Crippen LogP contribution in [-0.4, -0.2) is 29.1 Å². The summed E-state index contributed by atoms with van der Waals surface area (Å²) in [5.74, 6) is 2.80. The standard InChI is InChI=1S/C20H27ClN4/c1-3-18-6-4-5-13-25(18)20-14-19(23-15(2)24-20)22-12-11-16-7-9-17(21)10-8-16/h7-10,14,18H,3-6,11-13H2,1-2H3,(H,22,23,24). The fourth-order valence-corrected chi connectivity index (χ4v) is 3.63. The van der Waals surface area contributed by atoms with Crippen LogP contribution in [0.15, 0.2) is 30.3 Å². The normalized spacial score (nSPS) is 17.6. The van der Waals surface area contributed by atoms with Crippen LogP contribution < -0.4 is 10.2 Å². The number of hydrogen-bond donors (Lipinski definition) is 1. The summed E-state index contributed by atoms with van der Waals surface area (Å²) >= 11 is 5.94. The Kier molecular flexibility index (Phi) is 6.14. The van der Waals surface area contributed by atoms with E-state index in [1.807, 2.05) is 19.1 Å². The van der Waals surface area contributed by atoms with E-state index >= 15 is 0 Å². The molecule has 1 N–H and O–H groups in total. The molecule has 1 fully saturated rings. The van der Waals surface area contributed by atoms with Gasteiger partial charge in [-0.05, 0) is 56.7 Å². The van der Waals surface area contributed by atoms with E-state index in [0.29, 0.717) is 6.04 Å². The minimum absolute atomic E-state index is 0.602. The lowest BCUT2D eigenvalue weighted by atomic mass is 10.00. The zero-order valence-electron chi connectivity index (χ0n) is 15.1. The zero-order valence-corrected chi connectivity index (χ0v) is 15.9. The molecular weight excluding hydrogens is 332 g/mol. The average Bonchev–Trinajstić information content (AvgIpc) is 2.63. The van der Waals surface area contributed by atoms with Gasteiger partial charge in [0, 0.05) is 30.2 Å². The van der Waals surface area contributed by atoms with Gasteiger partial charge in [0.2, 0.25) is 0 Å². The Bertz CT molecular complexity index is 687. The maximum absolute atomic E-state index is 5.94. The fourth-order valence-electron chi connectivity index (χ4n) is 3.50. The van der Waals surface area contributed by atoms with Crippen LogP contribution in [0.3, 0.4) is 0 Å². The fraction of sp³-hybridized carbons (Fsp3) is 0.500. The molecule has 0 bridgehead atoms. The van der Waals surface area contributed by atoms with Crippen LogP contribution in [0.2, 0.25) is 5.02 Å². The van der Waals surface area contributed by atoms with Gasteiger partial charge < -0.3 is 10.2 Å². The van der Waals surface area contributed by atoms with Crippen LogP contribution in [0.1, 0.15) is 44.0 Å². The number of halogens is 1. The lowest BCUT2D eigenvalue weighted by molar-refractivity contribution is 0.446. The highest BCUT2D eigenvalue weighted by molar-refractivity contribution is 6.30. The molecule has 25 heavy (non-hydrogen) atoms. The van der Waals surface area contributed by atoms with Crippen molar-refractivity contribution in [3.8, 4) is 0 Å². The van der Waals surface area contributed by atoms with E-state index in [-0.39, 0.29) is 0 Å². The molecule has 0 radical (unpaired) electrons. The second-order valence-electron chi connectivity index (χ2n) is 6.71. The Labute approximate surface area is 155 Å². The number of anilines is 2. The molecule has 1 aromatic carbocycles. The van der Waals surface area contributed by atoms with Crippen molar-refractivity contribution >= 4 is 23.2 Å². The molecule has 1 aromatic heterocycles. The van der Waals surface area contributed by atoms with E-state index in [1.165, 1.54) is 31.2 Å². The molecule has 2 aromatic rings. The number of benzene rings is 1. The van der Waals surface area contributed by atoms with Crippen LogP contribution in [-0.2, 0) is 6.42 Å². The quantitative estimate of drug-likeness (QED) is 0.800. The second-order valence-corrected chi connectivity index (χ2v) is 7.15. The van der Waals surface area contributed by atoms with E-state index in [9.17, 15) is 0 Å². The number of hydrogen-bond acceptors (Lipinski definition) is 4. The molecule has 0 saturated carbocycles. The number of nitrogens with one attached hydrogen (secondary N) is 1. The number of rotatable bonds is 6. The topological polar surface area (TPSA) is 41.0 Å². The first-order chi connectivity index (χ1) is 12.2. The highest BCUT2D eigenvalue weighted by Gasteiger charge is 2.22. The van der Waals surface area contributed by atoms with Gasteiger partial charge in [-0.3, -0.25) is 0 Å². The number of piperidine rings is 1.